The zero-order valence-corrected chi connectivity index (χ0v) is 25.8. The van der Waals surface area contributed by atoms with Gasteiger partial charge in [0.1, 0.15) is 25.1 Å². The second-order valence-corrected chi connectivity index (χ2v) is 12.4. The second-order valence-electron chi connectivity index (χ2n) is 12.0. The van der Waals surface area contributed by atoms with Crippen LogP contribution >= 0.6 is 11.6 Å². The van der Waals surface area contributed by atoms with Crippen LogP contribution in [0.3, 0.4) is 0 Å². The molecule has 0 heterocycles. The smallest absolute Gasteiger partial charge is 0.119 e. The Morgan fingerprint density at radius 2 is 1.43 bits per heavy atom. The molecule has 0 amide bonds. The summed E-state index contributed by atoms with van der Waals surface area (Å²) in [6, 6.07) is 12.3. The first-order valence-corrected chi connectivity index (χ1v) is 15.2. The van der Waals surface area contributed by atoms with Crippen molar-refractivity contribution in [3.05, 3.63) is 64.2 Å². The van der Waals surface area contributed by atoms with Crippen LogP contribution in [0.5, 0.6) is 5.75 Å². The average molecular weight is 643 g/mol. The Hall–Kier alpha value is -1.90. The van der Waals surface area contributed by atoms with E-state index >= 15 is 0 Å². The monoisotopic (exact) mass is 642 g/mol. The van der Waals surface area contributed by atoms with Crippen molar-refractivity contribution in [1.82, 2.24) is 0 Å². The molecule has 0 aromatic heterocycles. The zero-order valence-electron chi connectivity index (χ0n) is 25.1. The summed E-state index contributed by atoms with van der Waals surface area (Å²) in [6.07, 6.45) is -7.90. The van der Waals surface area contributed by atoms with Gasteiger partial charge in [0.05, 0.1) is 80.5 Å². The number of ether oxygens (including phenoxy) is 4. The molecule has 2 aliphatic carbocycles. The molecule has 44 heavy (non-hydrogen) atoms. The normalized spacial score (nSPS) is 30.1. The molecule has 2 saturated carbocycles. The summed E-state index contributed by atoms with van der Waals surface area (Å²) in [5.41, 5.74) is -3.25. The Kier molecular flexibility index (Phi) is 11.7. The van der Waals surface area contributed by atoms with E-state index in [1.165, 1.54) is 13.8 Å². The highest BCUT2D eigenvalue weighted by molar-refractivity contribution is 6.31. The van der Waals surface area contributed by atoms with Gasteiger partial charge >= 0.3 is 0 Å². The molecule has 2 aliphatic rings. The standard InChI is InChI=1S/C32H44ClFO10/c1-30(2,40)31-19-25(35)32(29(31)39,28(38)26(36)27(31)37)22-5-8-24(33)21(18-22)17-20-3-6-23(7-4-20)44-16-15-43-14-13-42-12-11-41-10-9-34/h3-8,18,25-29,35-40H,9-17,19H2,1-2H3/t25?,26-,27-,28+,29?,31-,32-/m1/s1. The number of rotatable bonds is 16. The number of halogens is 2. The fourth-order valence-corrected chi connectivity index (χ4v) is 6.98. The molecule has 6 N–H and O–H groups in total. The van der Waals surface area contributed by atoms with Crippen molar-refractivity contribution < 1.29 is 54.0 Å². The van der Waals surface area contributed by atoms with E-state index in [1.54, 1.807) is 18.2 Å². The van der Waals surface area contributed by atoms with Crippen LogP contribution < -0.4 is 4.74 Å². The number of hydrogen-bond donors (Lipinski definition) is 6. The summed E-state index contributed by atoms with van der Waals surface area (Å²) in [5.74, 6) is 0.648. The van der Waals surface area contributed by atoms with E-state index in [2.05, 4.69) is 0 Å². The predicted molar refractivity (Wildman–Crippen MR) is 160 cm³/mol. The van der Waals surface area contributed by atoms with Gasteiger partial charge in [-0.1, -0.05) is 35.9 Å². The molecule has 10 nitrogen and oxygen atoms in total. The maximum absolute atomic E-state index is 11.9. The molecule has 7 atom stereocenters. The van der Waals surface area contributed by atoms with E-state index in [4.69, 9.17) is 30.5 Å². The molecular formula is C32H44ClFO10. The molecule has 0 spiro atoms. The SMILES string of the molecule is CC(C)(O)[C@@]12CC(O)[C@@](c3ccc(Cl)c(Cc4ccc(OCCOCCOCCOCCF)cc4)c3)(C1O)[C@@H](O)[C@H](O)[C@H]2O. The highest BCUT2D eigenvalue weighted by Gasteiger charge is 2.77. The molecule has 0 saturated heterocycles. The van der Waals surface area contributed by atoms with E-state index in [9.17, 15) is 35.0 Å². The van der Waals surface area contributed by atoms with Crippen molar-refractivity contribution in [3.8, 4) is 5.75 Å². The number of aliphatic hydroxyl groups excluding tert-OH is 5. The lowest BCUT2D eigenvalue weighted by Gasteiger charge is -2.56. The van der Waals surface area contributed by atoms with Crippen LogP contribution in [0.4, 0.5) is 4.39 Å². The summed E-state index contributed by atoms with van der Waals surface area (Å²) in [7, 11) is 0. The third kappa shape index (κ3) is 6.64. The molecule has 2 aromatic carbocycles. The summed E-state index contributed by atoms with van der Waals surface area (Å²) in [5, 5.41) is 67.5. The van der Waals surface area contributed by atoms with E-state index in [1.807, 2.05) is 24.3 Å². The molecule has 12 heteroatoms. The number of alkyl halides is 1. The van der Waals surface area contributed by atoms with Gasteiger partial charge in [0.25, 0.3) is 0 Å². The van der Waals surface area contributed by atoms with Crippen LogP contribution in [0, 0.1) is 5.41 Å². The summed E-state index contributed by atoms with van der Waals surface area (Å²) >= 11 is 6.55. The Labute approximate surface area is 261 Å². The Bertz CT molecular complexity index is 1210. The molecule has 246 valence electrons. The first-order valence-electron chi connectivity index (χ1n) is 14.8. The van der Waals surface area contributed by atoms with Crippen LogP contribution in [0.2, 0.25) is 5.02 Å². The van der Waals surface area contributed by atoms with E-state index in [0.29, 0.717) is 68.0 Å². The molecular weight excluding hydrogens is 599 g/mol. The fourth-order valence-electron chi connectivity index (χ4n) is 6.80. The van der Waals surface area contributed by atoms with Crippen molar-refractivity contribution in [2.75, 3.05) is 52.9 Å². The quantitative estimate of drug-likeness (QED) is 0.148. The van der Waals surface area contributed by atoms with Crippen molar-refractivity contribution in [1.29, 1.82) is 0 Å². The minimum Gasteiger partial charge on any atom is -0.491 e. The second kappa shape index (κ2) is 14.7. The summed E-state index contributed by atoms with van der Waals surface area (Å²) in [6.45, 7) is 4.62. The molecule has 2 fully saturated rings. The largest absolute Gasteiger partial charge is 0.491 e. The fraction of sp³-hybridized carbons (Fsp3) is 0.625. The van der Waals surface area contributed by atoms with Crippen LogP contribution in [-0.4, -0.2) is 120 Å². The lowest BCUT2D eigenvalue weighted by molar-refractivity contribution is -0.254. The lowest BCUT2D eigenvalue weighted by atomic mass is 9.55. The van der Waals surface area contributed by atoms with Gasteiger partial charge in [0.15, 0.2) is 0 Å². The third-order valence-electron chi connectivity index (χ3n) is 9.15. The molecule has 2 aromatic rings. The van der Waals surface area contributed by atoms with E-state index in [-0.39, 0.29) is 13.0 Å². The number of fused-ring (bicyclic) bond motifs is 2. The zero-order chi connectivity index (χ0) is 32.1. The maximum Gasteiger partial charge on any atom is 0.119 e. The predicted octanol–water partition coefficient (Wildman–Crippen LogP) is 1.55. The molecule has 2 bridgehead atoms. The van der Waals surface area contributed by atoms with E-state index < -0.39 is 53.6 Å². The highest BCUT2D eigenvalue weighted by atomic mass is 35.5. The number of benzene rings is 2. The van der Waals surface area contributed by atoms with Crippen LogP contribution in [0.15, 0.2) is 42.5 Å². The highest BCUT2D eigenvalue weighted by Crippen LogP contribution is 2.63. The van der Waals surface area contributed by atoms with Crippen molar-refractivity contribution in [2.24, 2.45) is 5.41 Å². The van der Waals surface area contributed by atoms with Crippen LogP contribution in [-0.2, 0) is 26.0 Å². The van der Waals surface area contributed by atoms with Crippen molar-refractivity contribution in [3.63, 3.8) is 0 Å². The average Bonchev–Trinajstić information content (AvgIpc) is 3.20. The van der Waals surface area contributed by atoms with E-state index in [0.717, 1.165) is 5.56 Å². The molecule has 2 unspecified atom stereocenters. The van der Waals surface area contributed by atoms with Gasteiger partial charge in [-0.3, -0.25) is 0 Å². The number of hydrogen-bond acceptors (Lipinski definition) is 10. The third-order valence-corrected chi connectivity index (χ3v) is 9.52. The van der Waals surface area contributed by atoms with Gasteiger partial charge < -0.3 is 49.6 Å². The Morgan fingerprint density at radius 3 is 2.02 bits per heavy atom. The van der Waals surface area contributed by atoms with Gasteiger partial charge in [-0.25, -0.2) is 4.39 Å². The number of aliphatic hydroxyl groups is 6. The molecule has 0 aliphatic heterocycles. The first-order chi connectivity index (χ1) is 20.9. The van der Waals surface area contributed by atoms with Gasteiger partial charge in [0, 0.05) is 5.02 Å². The van der Waals surface area contributed by atoms with Crippen LogP contribution in [0.25, 0.3) is 0 Å². The van der Waals surface area contributed by atoms with Gasteiger partial charge in [-0.2, -0.15) is 0 Å². The lowest BCUT2D eigenvalue weighted by Crippen LogP contribution is -2.72. The van der Waals surface area contributed by atoms with Crippen molar-refractivity contribution in [2.45, 2.75) is 68.2 Å². The van der Waals surface area contributed by atoms with Crippen molar-refractivity contribution >= 4 is 11.6 Å². The Balaban J connectivity index is 1.38. The molecule has 0 radical (unpaired) electrons. The van der Waals surface area contributed by atoms with Gasteiger partial charge in [-0.15, -0.1) is 0 Å². The van der Waals surface area contributed by atoms with Gasteiger partial charge in [-0.05, 0) is 61.6 Å². The summed E-state index contributed by atoms with van der Waals surface area (Å²) in [4.78, 5) is 0. The minimum absolute atomic E-state index is 0.0738. The topological polar surface area (TPSA) is 158 Å². The first kappa shape index (κ1) is 35.0. The molecule has 4 rings (SSSR count). The summed E-state index contributed by atoms with van der Waals surface area (Å²) < 4.78 is 33.4. The van der Waals surface area contributed by atoms with Crippen LogP contribution in [0.1, 0.15) is 37.0 Å². The minimum atomic E-state index is -1.77. The van der Waals surface area contributed by atoms with Gasteiger partial charge in [0.2, 0.25) is 0 Å². The Morgan fingerprint density at radius 1 is 0.841 bits per heavy atom. The maximum atomic E-state index is 11.9.